The maximum atomic E-state index is 12.2. The maximum absolute atomic E-state index is 12.2. The van der Waals surface area contributed by atoms with Gasteiger partial charge in [0.25, 0.3) is 5.91 Å². The van der Waals surface area contributed by atoms with E-state index in [0.29, 0.717) is 12.2 Å². The van der Waals surface area contributed by atoms with Crippen LogP contribution in [0.2, 0.25) is 0 Å². The fourth-order valence-corrected chi connectivity index (χ4v) is 3.17. The molecule has 1 N–H and O–H groups in total. The predicted molar refractivity (Wildman–Crippen MR) is 81.0 cm³/mol. The number of benzene rings is 1. The lowest BCUT2D eigenvalue weighted by Crippen LogP contribution is -2.39. The number of aromatic nitrogens is 2. The van der Waals surface area contributed by atoms with Crippen molar-refractivity contribution in [3.05, 3.63) is 60.2 Å². The van der Waals surface area contributed by atoms with Crippen LogP contribution in [0.25, 0.3) is 0 Å². The molecule has 0 atom stereocenters. The van der Waals surface area contributed by atoms with E-state index in [2.05, 4.69) is 39.6 Å². The maximum Gasteiger partial charge on any atom is 0.271 e. The van der Waals surface area contributed by atoms with Gasteiger partial charge >= 0.3 is 0 Å². The van der Waals surface area contributed by atoms with Crippen LogP contribution in [0.3, 0.4) is 0 Å². The molecule has 1 fully saturated rings. The van der Waals surface area contributed by atoms with Crippen LogP contribution < -0.4 is 5.32 Å². The third-order valence-electron chi connectivity index (χ3n) is 4.33. The Morgan fingerprint density at radius 2 is 1.90 bits per heavy atom. The topological polar surface area (TPSA) is 54.9 Å². The lowest BCUT2D eigenvalue weighted by Gasteiger charge is -2.30. The molecule has 4 heteroatoms. The molecule has 1 aliphatic carbocycles. The number of carbonyl (C=O) groups excluding carboxylic acids is 1. The zero-order valence-electron chi connectivity index (χ0n) is 12.0. The van der Waals surface area contributed by atoms with Crippen LogP contribution in [0.1, 0.15) is 41.7 Å². The first-order valence-electron chi connectivity index (χ1n) is 7.40. The van der Waals surface area contributed by atoms with Gasteiger partial charge in [-0.15, -0.1) is 0 Å². The summed E-state index contributed by atoms with van der Waals surface area (Å²) in [5.41, 5.74) is 1.76. The van der Waals surface area contributed by atoms with Crippen LogP contribution in [-0.2, 0) is 5.41 Å². The molecular formula is C17H19N3O. The summed E-state index contributed by atoms with van der Waals surface area (Å²) < 4.78 is 0. The zero-order valence-corrected chi connectivity index (χ0v) is 12.0. The van der Waals surface area contributed by atoms with Crippen LogP contribution in [0.15, 0.2) is 48.9 Å². The van der Waals surface area contributed by atoms with Crippen molar-refractivity contribution in [1.82, 2.24) is 15.3 Å². The summed E-state index contributed by atoms with van der Waals surface area (Å²) in [5.74, 6) is -0.148. The Balaban J connectivity index is 1.74. The quantitative estimate of drug-likeness (QED) is 0.937. The molecule has 0 unspecified atom stereocenters. The van der Waals surface area contributed by atoms with E-state index in [1.807, 2.05) is 6.07 Å². The Morgan fingerprint density at radius 1 is 1.14 bits per heavy atom. The highest BCUT2D eigenvalue weighted by Gasteiger charge is 2.35. The Labute approximate surface area is 124 Å². The lowest BCUT2D eigenvalue weighted by molar-refractivity contribution is 0.0937. The van der Waals surface area contributed by atoms with Gasteiger partial charge in [0.05, 0.1) is 6.20 Å². The van der Waals surface area contributed by atoms with Crippen molar-refractivity contribution >= 4 is 5.91 Å². The average molecular weight is 281 g/mol. The molecule has 0 aliphatic heterocycles. The third kappa shape index (κ3) is 2.94. The predicted octanol–water partition coefficient (Wildman–Crippen LogP) is 2.72. The number of hydrogen-bond acceptors (Lipinski definition) is 3. The fraction of sp³-hybridized carbons (Fsp3) is 0.353. The fourth-order valence-electron chi connectivity index (χ4n) is 3.17. The molecule has 108 valence electrons. The van der Waals surface area contributed by atoms with E-state index >= 15 is 0 Å². The highest BCUT2D eigenvalue weighted by molar-refractivity contribution is 5.91. The number of nitrogens with zero attached hydrogens (tertiary/aromatic N) is 2. The summed E-state index contributed by atoms with van der Waals surface area (Å²) in [6, 6.07) is 10.5. The van der Waals surface area contributed by atoms with Gasteiger partial charge in [-0.1, -0.05) is 43.2 Å². The minimum absolute atomic E-state index is 0.0686. The molecule has 1 aromatic carbocycles. The molecule has 1 aromatic heterocycles. The van der Waals surface area contributed by atoms with Crippen LogP contribution in [-0.4, -0.2) is 22.4 Å². The van der Waals surface area contributed by atoms with Crippen molar-refractivity contribution in [2.75, 3.05) is 6.54 Å². The zero-order chi connectivity index (χ0) is 14.5. The lowest BCUT2D eigenvalue weighted by atomic mass is 9.79. The molecule has 0 bridgehead atoms. The molecular weight excluding hydrogens is 262 g/mol. The van der Waals surface area contributed by atoms with Crippen molar-refractivity contribution < 1.29 is 4.79 Å². The Kier molecular flexibility index (Phi) is 3.95. The monoisotopic (exact) mass is 281 g/mol. The van der Waals surface area contributed by atoms with E-state index in [4.69, 9.17) is 0 Å². The molecule has 1 heterocycles. The van der Waals surface area contributed by atoms with Crippen molar-refractivity contribution in [1.29, 1.82) is 0 Å². The highest BCUT2D eigenvalue weighted by atomic mass is 16.1. The van der Waals surface area contributed by atoms with Crippen LogP contribution >= 0.6 is 0 Å². The van der Waals surface area contributed by atoms with Gasteiger partial charge in [-0.25, -0.2) is 4.98 Å². The molecule has 1 amide bonds. The summed E-state index contributed by atoms with van der Waals surface area (Å²) in [7, 11) is 0. The molecule has 0 spiro atoms. The number of rotatable bonds is 4. The van der Waals surface area contributed by atoms with Crippen LogP contribution in [0.5, 0.6) is 0 Å². The second kappa shape index (κ2) is 6.04. The first-order chi connectivity index (χ1) is 10.3. The largest absolute Gasteiger partial charge is 0.350 e. The van der Waals surface area contributed by atoms with Crippen molar-refractivity contribution in [3.8, 4) is 0 Å². The van der Waals surface area contributed by atoms with Crippen molar-refractivity contribution in [2.45, 2.75) is 31.1 Å². The van der Waals surface area contributed by atoms with E-state index in [0.717, 1.165) is 12.8 Å². The number of hydrogen-bond donors (Lipinski definition) is 1. The molecule has 2 aromatic rings. The summed E-state index contributed by atoms with van der Waals surface area (Å²) in [6.07, 6.45) is 9.29. The smallest absolute Gasteiger partial charge is 0.271 e. The summed E-state index contributed by atoms with van der Waals surface area (Å²) in [6.45, 7) is 0.659. The van der Waals surface area contributed by atoms with Crippen molar-refractivity contribution in [3.63, 3.8) is 0 Å². The molecule has 1 aliphatic rings. The Bertz CT molecular complexity index is 592. The normalized spacial score (nSPS) is 16.6. The van der Waals surface area contributed by atoms with E-state index < -0.39 is 0 Å². The van der Waals surface area contributed by atoms with Gasteiger partial charge in [-0.2, -0.15) is 0 Å². The van der Waals surface area contributed by atoms with Gasteiger partial charge < -0.3 is 5.32 Å². The van der Waals surface area contributed by atoms with Gasteiger partial charge in [0.15, 0.2) is 0 Å². The van der Waals surface area contributed by atoms with Gasteiger partial charge in [-0.05, 0) is 18.4 Å². The minimum Gasteiger partial charge on any atom is -0.350 e. The molecule has 1 saturated carbocycles. The van der Waals surface area contributed by atoms with E-state index in [1.54, 1.807) is 6.20 Å². The summed E-state index contributed by atoms with van der Waals surface area (Å²) in [5, 5.41) is 3.04. The van der Waals surface area contributed by atoms with Gasteiger partial charge in [0, 0.05) is 24.4 Å². The SMILES string of the molecule is O=C(NCC1(c2ccccc2)CCCC1)c1cnccn1. The van der Waals surface area contributed by atoms with E-state index in [9.17, 15) is 4.79 Å². The molecule has 21 heavy (non-hydrogen) atoms. The van der Waals surface area contributed by atoms with Crippen LogP contribution in [0.4, 0.5) is 0 Å². The van der Waals surface area contributed by atoms with E-state index in [1.165, 1.54) is 30.8 Å². The third-order valence-corrected chi connectivity index (χ3v) is 4.33. The van der Waals surface area contributed by atoms with Gasteiger partial charge in [-0.3, -0.25) is 9.78 Å². The molecule has 0 radical (unpaired) electrons. The standard InChI is InChI=1S/C17H19N3O/c21-16(15-12-18-10-11-19-15)20-13-17(8-4-5-9-17)14-6-2-1-3-7-14/h1-3,6-7,10-12H,4-5,8-9,13H2,(H,20,21). The minimum atomic E-state index is -0.148. The number of amides is 1. The Morgan fingerprint density at radius 3 is 2.57 bits per heavy atom. The first-order valence-corrected chi connectivity index (χ1v) is 7.40. The van der Waals surface area contributed by atoms with Gasteiger partial charge in [0.1, 0.15) is 5.69 Å². The number of carbonyl (C=O) groups is 1. The summed E-state index contributed by atoms with van der Waals surface area (Å²) in [4.78, 5) is 20.1. The highest BCUT2D eigenvalue weighted by Crippen LogP contribution is 2.40. The van der Waals surface area contributed by atoms with E-state index in [-0.39, 0.29) is 11.3 Å². The second-order valence-corrected chi connectivity index (χ2v) is 5.63. The average Bonchev–Trinajstić information content (AvgIpc) is 3.04. The van der Waals surface area contributed by atoms with Crippen molar-refractivity contribution in [2.24, 2.45) is 0 Å². The first kappa shape index (κ1) is 13.7. The molecule has 4 nitrogen and oxygen atoms in total. The van der Waals surface area contributed by atoms with Crippen LogP contribution in [0, 0.1) is 0 Å². The number of nitrogens with one attached hydrogen (secondary N) is 1. The molecule has 0 saturated heterocycles. The second-order valence-electron chi connectivity index (χ2n) is 5.63. The summed E-state index contributed by atoms with van der Waals surface area (Å²) >= 11 is 0. The molecule has 3 rings (SSSR count). The Hall–Kier alpha value is -2.23. The van der Waals surface area contributed by atoms with Gasteiger partial charge in [0.2, 0.25) is 0 Å².